The highest BCUT2D eigenvalue weighted by molar-refractivity contribution is 7.80. The lowest BCUT2D eigenvalue weighted by Crippen LogP contribution is -2.33. The SMILES string of the molecule is CCC(CNC(=S)Nc1cc(C(=O)OC)ccc1C)Cc1ccccc1. The van der Waals surface area contributed by atoms with E-state index in [1.807, 2.05) is 19.1 Å². The van der Waals surface area contributed by atoms with Crippen LogP contribution < -0.4 is 10.6 Å². The summed E-state index contributed by atoms with van der Waals surface area (Å²) in [5, 5.41) is 7.04. The summed E-state index contributed by atoms with van der Waals surface area (Å²) in [5.74, 6) is 0.139. The molecule has 26 heavy (non-hydrogen) atoms. The fourth-order valence-corrected chi connectivity index (χ4v) is 2.91. The number of benzene rings is 2. The average molecular weight is 371 g/mol. The molecule has 1 unspecified atom stereocenters. The van der Waals surface area contributed by atoms with Gasteiger partial charge < -0.3 is 15.4 Å². The summed E-state index contributed by atoms with van der Waals surface area (Å²) in [6.07, 6.45) is 2.09. The first-order valence-electron chi connectivity index (χ1n) is 8.81. The molecule has 5 heteroatoms. The van der Waals surface area contributed by atoms with Crippen LogP contribution in [0.3, 0.4) is 0 Å². The van der Waals surface area contributed by atoms with Gasteiger partial charge in [-0.15, -0.1) is 0 Å². The molecule has 0 heterocycles. The van der Waals surface area contributed by atoms with E-state index in [0.717, 1.165) is 30.6 Å². The summed E-state index contributed by atoms with van der Waals surface area (Å²) < 4.78 is 4.77. The number of methoxy groups -OCH3 is 1. The molecule has 2 aromatic carbocycles. The van der Waals surface area contributed by atoms with Crippen molar-refractivity contribution in [1.29, 1.82) is 0 Å². The van der Waals surface area contributed by atoms with E-state index in [-0.39, 0.29) is 5.97 Å². The molecule has 2 aromatic rings. The molecular weight excluding hydrogens is 344 g/mol. The Morgan fingerprint density at radius 2 is 1.92 bits per heavy atom. The number of thiocarbonyl (C=S) groups is 1. The molecule has 0 aliphatic heterocycles. The number of hydrogen-bond acceptors (Lipinski definition) is 3. The van der Waals surface area contributed by atoms with Gasteiger partial charge in [-0.25, -0.2) is 4.79 Å². The largest absolute Gasteiger partial charge is 0.465 e. The van der Waals surface area contributed by atoms with Gasteiger partial charge in [0.1, 0.15) is 0 Å². The van der Waals surface area contributed by atoms with E-state index in [2.05, 4.69) is 41.8 Å². The van der Waals surface area contributed by atoms with Crippen LogP contribution in [0.4, 0.5) is 5.69 Å². The number of carbonyl (C=O) groups is 1. The Morgan fingerprint density at radius 1 is 1.19 bits per heavy atom. The van der Waals surface area contributed by atoms with Crippen LogP contribution >= 0.6 is 12.2 Å². The zero-order valence-corrected chi connectivity index (χ0v) is 16.4. The van der Waals surface area contributed by atoms with Crippen LogP contribution in [0.2, 0.25) is 0 Å². The van der Waals surface area contributed by atoms with Crippen LogP contribution in [-0.4, -0.2) is 24.7 Å². The molecule has 0 bridgehead atoms. The molecule has 0 spiro atoms. The predicted octanol–water partition coefficient (Wildman–Crippen LogP) is 4.34. The van der Waals surface area contributed by atoms with Crippen molar-refractivity contribution in [3.8, 4) is 0 Å². The van der Waals surface area contributed by atoms with E-state index in [1.54, 1.807) is 12.1 Å². The second kappa shape index (κ2) is 9.92. The van der Waals surface area contributed by atoms with Gasteiger partial charge in [0, 0.05) is 12.2 Å². The normalized spacial score (nSPS) is 11.5. The van der Waals surface area contributed by atoms with E-state index in [4.69, 9.17) is 17.0 Å². The fourth-order valence-electron chi connectivity index (χ4n) is 2.71. The van der Waals surface area contributed by atoms with Crippen molar-refractivity contribution in [2.24, 2.45) is 5.92 Å². The summed E-state index contributed by atoms with van der Waals surface area (Å²) in [6.45, 7) is 4.96. The zero-order valence-electron chi connectivity index (χ0n) is 15.5. The summed E-state index contributed by atoms with van der Waals surface area (Å²) in [5.41, 5.74) is 3.65. The molecule has 1 atom stereocenters. The highest BCUT2D eigenvalue weighted by Crippen LogP contribution is 2.18. The number of esters is 1. The number of rotatable bonds is 7. The van der Waals surface area contributed by atoms with E-state index in [0.29, 0.717) is 16.6 Å². The van der Waals surface area contributed by atoms with Gasteiger partial charge in [-0.3, -0.25) is 0 Å². The molecule has 4 nitrogen and oxygen atoms in total. The smallest absolute Gasteiger partial charge is 0.337 e. The molecule has 0 aliphatic rings. The Morgan fingerprint density at radius 3 is 2.58 bits per heavy atom. The summed E-state index contributed by atoms with van der Waals surface area (Å²) in [6, 6.07) is 15.9. The minimum absolute atomic E-state index is 0.360. The maximum Gasteiger partial charge on any atom is 0.337 e. The molecule has 0 aromatic heterocycles. The molecule has 0 aliphatic carbocycles. The Kier molecular flexibility index (Phi) is 7.60. The average Bonchev–Trinajstić information content (AvgIpc) is 2.67. The minimum atomic E-state index is -0.360. The van der Waals surface area contributed by atoms with Crippen molar-refractivity contribution in [3.05, 3.63) is 65.2 Å². The van der Waals surface area contributed by atoms with Gasteiger partial charge in [0.2, 0.25) is 0 Å². The van der Waals surface area contributed by atoms with Crippen molar-refractivity contribution in [2.45, 2.75) is 26.7 Å². The van der Waals surface area contributed by atoms with Gasteiger partial charge in [-0.05, 0) is 54.7 Å². The van der Waals surface area contributed by atoms with Gasteiger partial charge >= 0.3 is 5.97 Å². The Hall–Kier alpha value is -2.40. The first-order chi connectivity index (χ1) is 12.5. The van der Waals surface area contributed by atoms with E-state index in [1.165, 1.54) is 12.7 Å². The molecule has 138 valence electrons. The quantitative estimate of drug-likeness (QED) is 0.561. The van der Waals surface area contributed by atoms with Gasteiger partial charge in [0.05, 0.1) is 12.7 Å². The standard InChI is InChI=1S/C21H26N2O2S/c1-4-16(12-17-8-6-5-7-9-17)14-22-21(26)23-19-13-18(20(24)25-3)11-10-15(19)2/h5-11,13,16H,4,12,14H2,1-3H3,(H2,22,23,26). The van der Waals surface area contributed by atoms with Crippen molar-refractivity contribution in [2.75, 3.05) is 19.0 Å². The molecule has 0 radical (unpaired) electrons. The maximum atomic E-state index is 11.7. The molecule has 0 amide bonds. The number of ether oxygens (including phenoxy) is 1. The third kappa shape index (κ3) is 5.85. The van der Waals surface area contributed by atoms with E-state index < -0.39 is 0 Å². The zero-order chi connectivity index (χ0) is 18.9. The molecule has 0 saturated heterocycles. The highest BCUT2D eigenvalue weighted by atomic mass is 32.1. The van der Waals surface area contributed by atoms with Crippen LogP contribution in [0.1, 0.15) is 34.8 Å². The number of nitrogens with one attached hydrogen (secondary N) is 2. The molecule has 0 saturated carbocycles. The monoisotopic (exact) mass is 370 g/mol. The van der Waals surface area contributed by atoms with E-state index in [9.17, 15) is 4.79 Å². The second-order valence-electron chi connectivity index (χ2n) is 6.32. The molecule has 0 fully saturated rings. The second-order valence-corrected chi connectivity index (χ2v) is 6.73. The number of hydrogen-bond donors (Lipinski definition) is 2. The number of anilines is 1. The van der Waals surface area contributed by atoms with E-state index >= 15 is 0 Å². The van der Waals surface area contributed by atoms with Crippen LogP contribution in [-0.2, 0) is 11.2 Å². The molecular formula is C21H26N2O2S. The third-order valence-electron chi connectivity index (χ3n) is 4.40. The van der Waals surface area contributed by atoms with Gasteiger partial charge in [0.25, 0.3) is 0 Å². The summed E-state index contributed by atoms with van der Waals surface area (Å²) in [7, 11) is 1.37. The first-order valence-corrected chi connectivity index (χ1v) is 9.22. The minimum Gasteiger partial charge on any atom is -0.465 e. The lowest BCUT2D eigenvalue weighted by molar-refractivity contribution is 0.0601. The Labute approximate surface area is 161 Å². The van der Waals surface area contributed by atoms with Crippen molar-refractivity contribution in [1.82, 2.24) is 5.32 Å². The Bertz CT molecular complexity index is 747. The number of carbonyl (C=O) groups excluding carboxylic acids is 1. The van der Waals surface area contributed by atoms with Crippen LogP contribution in [0.15, 0.2) is 48.5 Å². The van der Waals surface area contributed by atoms with Crippen LogP contribution in [0.5, 0.6) is 0 Å². The lowest BCUT2D eigenvalue weighted by atomic mass is 9.97. The topological polar surface area (TPSA) is 50.4 Å². The van der Waals surface area contributed by atoms with Gasteiger partial charge in [-0.2, -0.15) is 0 Å². The number of aryl methyl sites for hydroxylation is 1. The molecule has 2 N–H and O–H groups in total. The lowest BCUT2D eigenvalue weighted by Gasteiger charge is -2.18. The van der Waals surface area contributed by atoms with Crippen LogP contribution in [0.25, 0.3) is 0 Å². The first kappa shape index (κ1) is 19.9. The fraction of sp³-hybridized carbons (Fsp3) is 0.333. The summed E-state index contributed by atoms with van der Waals surface area (Å²) in [4.78, 5) is 11.7. The highest BCUT2D eigenvalue weighted by Gasteiger charge is 2.11. The predicted molar refractivity (Wildman–Crippen MR) is 111 cm³/mol. The Balaban J connectivity index is 1.92. The van der Waals surface area contributed by atoms with Gasteiger partial charge in [-0.1, -0.05) is 49.7 Å². The molecule has 2 rings (SSSR count). The summed E-state index contributed by atoms with van der Waals surface area (Å²) >= 11 is 5.43. The van der Waals surface area contributed by atoms with Crippen molar-refractivity contribution >= 4 is 29.0 Å². The van der Waals surface area contributed by atoms with Crippen molar-refractivity contribution in [3.63, 3.8) is 0 Å². The van der Waals surface area contributed by atoms with Crippen LogP contribution in [0, 0.1) is 12.8 Å². The van der Waals surface area contributed by atoms with Gasteiger partial charge in [0.15, 0.2) is 5.11 Å². The third-order valence-corrected chi connectivity index (χ3v) is 4.65. The maximum absolute atomic E-state index is 11.7. The van der Waals surface area contributed by atoms with Crippen molar-refractivity contribution < 1.29 is 9.53 Å².